The second-order valence-corrected chi connectivity index (χ2v) is 4.55. The molecule has 0 unspecified atom stereocenters. The predicted octanol–water partition coefficient (Wildman–Crippen LogP) is 1.49. The molecule has 1 aliphatic rings. The first-order valence-electron chi connectivity index (χ1n) is 6.65. The van der Waals surface area contributed by atoms with Crippen LogP contribution in [0.1, 0.15) is 11.8 Å². The van der Waals surface area contributed by atoms with Crippen LogP contribution in [0.3, 0.4) is 0 Å². The van der Waals surface area contributed by atoms with Crippen LogP contribution in [0.2, 0.25) is 0 Å². The lowest BCUT2D eigenvalue weighted by atomic mass is 10.2. The van der Waals surface area contributed by atoms with E-state index in [1.54, 1.807) is 12.4 Å². The molecule has 1 N–H and O–H groups in total. The van der Waals surface area contributed by atoms with Crippen LogP contribution in [0.4, 0.5) is 11.8 Å². The number of ether oxygens (including phenoxy) is 1. The Balaban J connectivity index is 1.78. The van der Waals surface area contributed by atoms with Crippen molar-refractivity contribution in [3.05, 3.63) is 42.4 Å². The molecule has 20 heavy (non-hydrogen) atoms. The molecular weight excluding hydrogens is 254 g/mol. The summed E-state index contributed by atoms with van der Waals surface area (Å²) < 4.78 is 5.83. The van der Waals surface area contributed by atoms with Gasteiger partial charge >= 0.3 is 0 Å². The highest BCUT2D eigenvalue weighted by Crippen LogP contribution is 2.23. The molecule has 1 fully saturated rings. The van der Waals surface area contributed by atoms with Gasteiger partial charge in [-0.3, -0.25) is 0 Å². The second kappa shape index (κ2) is 5.83. The Morgan fingerprint density at radius 2 is 2.10 bits per heavy atom. The van der Waals surface area contributed by atoms with Crippen molar-refractivity contribution >= 4 is 11.8 Å². The van der Waals surface area contributed by atoms with Crippen molar-refractivity contribution in [2.24, 2.45) is 0 Å². The van der Waals surface area contributed by atoms with E-state index < -0.39 is 0 Å². The van der Waals surface area contributed by atoms with E-state index >= 15 is 0 Å². The quantitative estimate of drug-likeness (QED) is 0.912. The highest BCUT2D eigenvalue weighted by Gasteiger charge is 2.24. The zero-order chi connectivity index (χ0) is 13.8. The molecule has 0 saturated carbocycles. The van der Waals surface area contributed by atoms with Gasteiger partial charge < -0.3 is 15.0 Å². The standard InChI is InChI=1S/C14H17N5O/c1-15-13-5-2-4-11(18-13)12-10-19(8-9-20-12)14-16-6-3-7-17-14/h2-7,12H,8-10H2,1H3,(H,15,18)/t12-/m1/s1. The van der Waals surface area contributed by atoms with Gasteiger partial charge in [-0.15, -0.1) is 0 Å². The second-order valence-electron chi connectivity index (χ2n) is 4.55. The van der Waals surface area contributed by atoms with Gasteiger partial charge in [0.15, 0.2) is 0 Å². The van der Waals surface area contributed by atoms with E-state index in [0.29, 0.717) is 13.2 Å². The molecule has 6 nitrogen and oxygen atoms in total. The summed E-state index contributed by atoms with van der Waals surface area (Å²) in [6.45, 7) is 2.16. The van der Waals surface area contributed by atoms with Gasteiger partial charge in [-0.2, -0.15) is 0 Å². The van der Waals surface area contributed by atoms with Crippen LogP contribution in [-0.4, -0.2) is 41.7 Å². The van der Waals surface area contributed by atoms with Crippen molar-refractivity contribution in [2.75, 3.05) is 37.0 Å². The lowest BCUT2D eigenvalue weighted by Gasteiger charge is -2.32. The fourth-order valence-electron chi connectivity index (χ4n) is 2.23. The number of nitrogens with one attached hydrogen (secondary N) is 1. The van der Waals surface area contributed by atoms with E-state index in [4.69, 9.17) is 4.74 Å². The molecule has 0 amide bonds. The third kappa shape index (κ3) is 2.70. The normalized spacial score (nSPS) is 18.9. The van der Waals surface area contributed by atoms with Crippen LogP contribution in [0.5, 0.6) is 0 Å². The smallest absolute Gasteiger partial charge is 0.225 e. The number of aromatic nitrogens is 3. The first-order chi connectivity index (χ1) is 9.86. The van der Waals surface area contributed by atoms with Gasteiger partial charge in [-0.05, 0) is 18.2 Å². The molecule has 104 valence electrons. The van der Waals surface area contributed by atoms with Gasteiger partial charge in [0.2, 0.25) is 5.95 Å². The molecular formula is C14H17N5O. The number of rotatable bonds is 3. The van der Waals surface area contributed by atoms with Crippen LogP contribution in [0.15, 0.2) is 36.7 Å². The summed E-state index contributed by atoms with van der Waals surface area (Å²) in [5, 5.41) is 3.04. The number of nitrogens with zero attached hydrogens (tertiary/aromatic N) is 4. The minimum Gasteiger partial charge on any atom is -0.373 e. The molecule has 0 bridgehead atoms. The Kier molecular flexibility index (Phi) is 3.73. The molecule has 0 radical (unpaired) electrons. The van der Waals surface area contributed by atoms with Gasteiger partial charge in [-0.1, -0.05) is 6.07 Å². The van der Waals surface area contributed by atoms with Crippen molar-refractivity contribution in [3.8, 4) is 0 Å². The summed E-state index contributed by atoms with van der Waals surface area (Å²) in [4.78, 5) is 15.2. The molecule has 0 aromatic carbocycles. The van der Waals surface area contributed by atoms with Gasteiger partial charge in [0.25, 0.3) is 0 Å². The Morgan fingerprint density at radius 3 is 2.90 bits per heavy atom. The Labute approximate surface area is 117 Å². The van der Waals surface area contributed by atoms with Crippen molar-refractivity contribution in [2.45, 2.75) is 6.10 Å². The predicted molar refractivity (Wildman–Crippen MR) is 76.7 cm³/mol. The highest BCUT2D eigenvalue weighted by atomic mass is 16.5. The summed E-state index contributed by atoms with van der Waals surface area (Å²) in [5.74, 6) is 1.59. The summed E-state index contributed by atoms with van der Waals surface area (Å²) in [6.07, 6.45) is 3.46. The Hall–Kier alpha value is -2.21. The summed E-state index contributed by atoms with van der Waals surface area (Å²) in [7, 11) is 1.86. The van der Waals surface area contributed by atoms with E-state index in [-0.39, 0.29) is 6.10 Å². The molecule has 1 atom stereocenters. The summed E-state index contributed by atoms with van der Waals surface area (Å²) in [6, 6.07) is 7.72. The minimum absolute atomic E-state index is 0.0548. The largest absolute Gasteiger partial charge is 0.373 e. The van der Waals surface area contributed by atoms with Crippen molar-refractivity contribution in [3.63, 3.8) is 0 Å². The molecule has 2 aromatic heterocycles. The van der Waals surface area contributed by atoms with Crippen molar-refractivity contribution in [1.82, 2.24) is 15.0 Å². The van der Waals surface area contributed by atoms with Gasteiger partial charge in [0, 0.05) is 26.0 Å². The monoisotopic (exact) mass is 271 g/mol. The maximum Gasteiger partial charge on any atom is 0.225 e. The number of hydrogen-bond donors (Lipinski definition) is 1. The maximum absolute atomic E-state index is 5.83. The van der Waals surface area contributed by atoms with E-state index in [1.165, 1.54) is 0 Å². The SMILES string of the molecule is CNc1cccc([C@H]2CN(c3ncccn3)CCO2)n1. The molecule has 3 rings (SSSR count). The number of anilines is 2. The van der Waals surface area contributed by atoms with Crippen LogP contribution >= 0.6 is 0 Å². The Bertz CT molecular complexity index is 563. The zero-order valence-electron chi connectivity index (χ0n) is 11.4. The molecule has 6 heteroatoms. The Morgan fingerprint density at radius 1 is 1.25 bits per heavy atom. The maximum atomic E-state index is 5.83. The zero-order valence-corrected chi connectivity index (χ0v) is 11.4. The topological polar surface area (TPSA) is 63.2 Å². The first kappa shape index (κ1) is 12.8. The molecule has 3 heterocycles. The summed E-state index contributed by atoms with van der Waals surface area (Å²) >= 11 is 0. The molecule has 1 saturated heterocycles. The number of morpholine rings is 1. The number of pyridine rings is 1. The van der Waals surface area contributed by atoms with Gasteiger partial charge in [0.1, 0.15) is 11.9 Å². The highest BCUT2D eigenvalue weighted by molar-refractivity contribution is 5.36. The molecule has 2 aromatic rings. The number of hydrogen-bond acceptors (Lipinski definition) is 6. The fraction of sp³-hybridized carbons (Fsp3) is 0.357. The van der Waals surface area contributed by atoms with Crippen molar-refractivity contribution < 1.29 is 4.74 Å². The molecule has 0 spiro atoms. The van der Waals surface area contributed by atoms with E-state index in [0.717, 1.165) is 24.0 Å². The fourth-order valence-corrected chi connectivity index (χ4v) is 2.23. The van der Waals surface area contributed by atoms with E-state index in [1.807, 2.05) is 31.3 Å². The average Bonchev–Trinajstić information content (AvgIpc) is 2.56. The molecule has 0 aliphatic carbocycles. The van der Waals surface area contributed by atoms with Crippen LogP contribution in [0.25, 0.3) is 0 Å². The first-order valence-corrected chi connectivity index (χ1v) is 6.65. The van der Waals surface area contributed by atoms with E-state index in [9.17, 15) is 0 Å². The van der Waals surface area contributed by atoms with Gasteiger partial charge in [-0.25, -0.2) is 15.0 Å². The van der Waals surface area contributed by atoms with Crippen LogP contribution in [-0.2, 0) is 4.74 Å². The van der Waals surface area contributed by atoms with Gasteiger partial charge in [0.05, 0.1) is 18.8 Å². The van der Waals surface area contributed by atoms with Crippen molar-refractivity contribution in [1.29, 1.82) is 0 Å². The summed E-state index contributed by atoms with van der Waals surface area (Å²) in [5.41, 5.74) is 0.928. The average molecular weight is 271 g/mol. The third-order valence-electron chi connectivity index (χ3n) is 3.26. The third-order valence-corrected chi connectivity index (χ3v) is 3.26. The lowest BCUT2D eigenvalue weighted by molar-refractivity contribution is 0.0365. The van der Waals surface area contributed by atoms with Crippen LogP contribution in [0, 0.1) is 0 Å². The lowest BCUT2D eigenvalue weighted by Crippen LogP contribution is -2.39. The minimum atomic E-state index is -0.0548. The van der Waals surface area contributed by atoms with E-state index in [2.05, 4.69) is 25.2 Å². The molecule has 1 aliphatic heterocycles. The van der Waals surface area contributed by atoms with Crippen LogP contribution < -0.4 is 10.2 Å².